The summed E-state index contributed by atoms with van der Waals surface area (Å²) in [6.45, 7) is 0. The predicted molar refractivity (Wildman–Crippen MR) is 208 cm³/mol. The highest BCUT2D eigenvalue weighted by atomic mass is 32.1. The van der Waals surface area contributed by atoms with E-state index in [2.05, 4.69) is 193 Å². The molecule has 0 unspecified atom stereocenters. The van der Waals surface area contributed by atoms with Crippen LogP contribution in [0.1, 0.15) is 0 Å². The summed E-state index contributed by atoms with van der Waals surface area (Å²) in [5, 5.41) is 5.23. The molecule has 0 radical (unpaired) electrons. The lowest BCUT2D eigenvalue weighted by atomic mass is 10.0. The quantitative estimate of drug-likeness (QED) is 0.177. The molecule has 2 heteroatoms. The van der Waals surface area contributed by atoms with E-state index in [1.165, 1.54) is 64.3 Å². The van der Waals surface area contributed by atoms with Gasteiger partial charge in [0.1, 0.15) is 0 Å². The molecule has 1 aromatic heterocycles. The van der Waals surface area contributed by atoms with Crippen LogP contribution in [0, 0.1) is 0 Å². The molecule has 9 rings (SSSR count). The minimum Gasteiger partial charge on any atom is -0.310 e. The second-order valence-corrected chi connectivity index (χ2v) is 13.3. The van der Waals surface area contributed by atoms with Gasteiger partial charge < -0.3 is 4.90 Å². The Balaban J connectivity index is 1.11. The molecular weight excluding hydrogens is 599 g/mol. The summed E-state index contributed by atoms with van der Waals surface area (Å²) in [5.41, 5.74) is 10.6. The topological polar surface area (TPSA) is 3.24 Å². The van der Waals surface area contributed by atoms with E-state index >= 15 is 0 Å². The Morgan fingerprint density at radius 2 is 0.771 bits per heavy atom. The number of nitrogens with zero attached hydrogens (tertiary/aromatic N) is 1. The van der Waals surface area contributed by atoms with E-state index in [9.17, 15) is 0 Å². The second kappa shape index (κ2) is 12.0. The molecule has 0 saturated heterocycles. The largest absolute Gasteiger partial charge is 0.310 e. The van der Waals surface area contributed by atoms with Crippen LogP contribution < -0.4 is 4.90 Å². The molecule has 0 fully saturated rings. The van der Waals surface area contributed by atoms with Crippen molar-refractivity contribution in [2.75, 3.05) is 4.90 Å². The van der Waals surface area contributed by atoms with Crippen LogP contribution in [-0.4, -0.2) is 0 Å². The summed E-state index contributed by atoms with van der Waals surface area (Å²) in [5.74, 6) is 0. The number of benzene rings is 8. The molecule has 8 aromatic carbocycles. The lowest BCUT2D eigenvalue weighted by Gasteiger charge is -2.26. The van der Waals surface area contributed by atoms with Gasteiger partial charge in [-0.3, -0.25) is 0 Å². The highest BCUT2D eigenvalue weighted by Crippen LogP contribution is 2.41. The maximum atomic E-state index is 2.36. The molecule has 9 aromatic rings. The highest BCUT2D eigenvalue weighted by Gasteiger charge is 2.15. The van der Waals surface area contributed by atoms with E-state index in [1.807, 2.05) is 11.3 Å². The van der Waals surface area contributed by atoms with Crippen molar-refractivity contribution in [2.24, 2.45) is 0 Å². The molecular formula is C46H31NS. The normalized spacial score (nSPS) is 11.3. The summed E-state index contributed by atoms with van der Waals surface area (Å²) < 4.78 is 2.66. The van der Waals surface area contributed by atoms with E-state index in [0.717, 1.165) is 17.1 Å². The number of anilines is 3. The van der Waals surface area contributed by atoms with Crippen LogP contribution in [0.3, 0.4) is 0 Å². The van der Waals surface area contributed by atoms with Gasteiger partial charge in [-0.15, -0.1) is 11.3 Å². The molecule has 226 valence electrons. The molecule has 48 heavy (non-hydrogen) atoms. The summed E-state index contributed by atoms with van der Waals surface area (Å²) in [6, 6.07) is 68.1. The van der Waals surface area contributed by atoms with Gasteiger partial charge in [0.2, 0.25) is 0 Å². The van der Waals surface area contributed by atoms with Gasteiger partial charge in [0.25, 0.3) is 0 Å². The maximum Gasteiger partial charge on any atom is 0.0467 e. The first-order valence-electron chi connectivity index (χ1n) is 16.3. The van der Waals surface area contributed by atoms with Crippen molar-refractivity contribution in [1.29, 1.82) is 0 Å². The smallest absolute Gasteiger partial charge is 0.0467 e. The van der Waals surface area contributed by atoms with Crippen LogP contribution in [0.2, 0.25) is 0 Å². The summed E-state index contributed by atoms with van der Waals surface area (Å²) in [4.78, 5) is 2.35. The molecule has 0 atom stereocenters. The van der Waals surface area contributed by atoms with Crippen molar-refractivity contribution < 1.29 is 0 Å². The van der Waals surface area contributed by atoms with Crippen molar-refractivity contribution in [1.82, 2.24) is 0 Å². The molecule has 0 aliphatic carbocycles. The molecule has 1 heterocycles. The van der Waals surface area contributed by atoms with Crippen LogP contribution >= 0.6 is 11.3 Å². The van der Waals surface area contributed by atoms with Crippen LogP contribution in [-0.2, 0) is 0 Å². The fourth-order valence-corrected chi connectivity index (χ4v) is 7.90. The van der Waals surface area contributed by atoms with Gasteiger partial charge in [0.05, 0.1) is 0 Å². The van der Waals surface area contributed by atoms with Gasteiger partial charge >= 0.3 is 0 Å². The Labute approximate surface area is 284 Å². The molecule has 1 nitrogen and oxygen atoms in total. The van der Waals surface area contributed by atoms with E-state index in [1.54, 1.807) is 0 Å². The number of rotatable bonds is 6. The monoisotopic (exact) mass is 629 g/mol. The van der Waals surface area contributed by atoms with Crippen molar-refractivity contribution in [3.05, 3.63) is 188 Å². The zero-order chi connectivity index (χ0) is 31.9. The van der Waals surface area contributed by atoms with E-state index < -0.39 is 0 Å². The Morgan fingerprint density at radius 3 is 1.44 bits per heavy atom. The fraction of sp³-hybridized carbons (Fsp3) is 0. The Kier molecular flexibility index (Phi) is 7.07. The first-order valence-corrected chi connectivity index (χ1v) is 17.2. The van der Waals surface area contributed by atoms with Crippen molar-refractivity contribution >= 4 is 59.3 Å². The van der Waals surface area contributed by atoms with Crippen LogP contribution in [0.4, 0.5) is 17.1 Å². The Hall–Kier alpha value is -5.96. The Bertz CT molecular complexity index is 2530. The molecule has 0 spiro atoms. The number of hydrogen-bond donors (Lipinski definition) is 0. The zero-order valence-electron chi connectivity index (χ0n) is 26.3. The van der Waals surface area contributed by atoms with Gasteiger partial charge in [-0.1, -0.05) is 127 Å². The van der Waals surface area contributed by atoms with Gasteiger partial charge in [0, 0.05) is 37.2 Å². The van der Waals surface area contributed by atoms with E-state index in [4.69, 9.17) is 0 Å². The average Bonchev–Trinajstić information content (AvgIpc) is 3.52. The summed E-state index contributed by atoms with van der Waals surface area (Å²) in [7, 11) is 0. The van der Waals surface area contributed by atoms with E-state index in [0.29, 0.717) is 0 Å². The van der Waals surface area contributed by atoms with Crippen molar-refractivity contribution in [3.63, 3.8) is 0 Å². The number of fused-ring (bicyclic) bond motifs is 4. The van der Waals surface area contributed by atoms with Crippen LogP contribution in [0.25, 0.3) is 64.3 Å². The molecule has 0 amide bonds. The van der Waals surface area contributed by atoms with Crippen LogP contribution in [0.5, 0.6) is 0 Å². The minimum absolute atomic E-state index is 1.12. The van der Waals surface area contributed by atoms with Crippen LogP contribution in [0.15, 0.2) is 188 Å². The van der Waals surface area contributed by atoms with Gasteiger partial charge in [-0.25, -0.2) is 0 Å². The molecule has 0 N–H and O–H groups in total. The van der Waals surface area contributed by atoms with Gasteiger partial charge in [0.15, 0.2) is 0 Å². The minimum atomic E-state index is 1.12. The SMILES string of the molecule is c1ccc(-c2ccc(N(c3ccc(-c4ccc5sc6cc7ccccc7cc6c5c4)cc3)c3cccc(-c4ccccc4)c3)cc2)cc1. The zero-order valence-corrected chi connectivity index (χ0v) is 27.1. The molecule has 0 aliphatic heterocycles. The third kappa shape index (κ3) is 5.23. The first-order chi connectivity index (χ1) is 23.8. The average molecular weight is 630 g/mol. The molecule has 0 bridgehead atoms. The number of thiophene rings is 1. The lowest BCUT2D eigenvalue weighted by Crippen LogP contribution is -2.10. The maximum absolute atomic E-state index is 2.36. The molecule has 0 aliphatic rings. The standard InChI is InChI=1S/C46H31NS/c1-3-10-32(11-4-1)34-18-23-40(24-19-34)47(42-17-9-16-36(28-42)33-12-5-2-6-13-33)41-25-20-35(21-26-41)39-22-27-45-43(30-39)44-29-37-14-7-8-15-38(37)31-46(44)48-45/h1-31H. The fourth-order valence-electron chi connectivity index (χ4n) is 6.78. The summed E-state index contributed by atoms with van der Waals surface area (Å²) >= 11 is 1.87. The van der Waals surface area contributed by atoms with Gasteiger partial charge in [-0.2, -0.15) is 0 Å². The first kappa shape index (κ1) is 28.3. The highest BCUT2D eigenvalue weighted by molar-refractivity contribution is 7.25. The van der Waals surface area contributed by atoms with Crippen molar-refractivity contribution in [3.8, 4) is 33.4 Å². The third-order valence-electron chi connectivity index (χ3n) is 9.24. The summed E-state index contributed by atoms with van der Waals surface area (Å²) in [6.07, 6.45) is 0. The predicted octanol–water partition coefficient (Wildman–Crippen LogP) is 13.7. The van der Waals surface area contributed by atoms with Gasteiger partial charge in [-0.05, 0) is 105 Å². The lowest BCUT2D eigenvalue weighted by molar-refractivity contribution is 1.28. The molecule has 0 saturated carbocycles. The van der Waals surface area contributed by atoms with E-state index in [-0.39, 0.29) is 0 Å². The Morgan fingerprint density at radius 1 is 0.292 bits per heavy atom. The number of hydrogen-bond acceptors (Lipinski definition) is 2. The third-order valence-corrected chi connectivity index (χ3v) is 10.4. The van der Waals surface area contributed by atoms with Crippen molar-refractivity contribution in [2.45, 2.75) is 0 Å². The second-order valence-electron chi connectivity index (χ2n) is 12.2.